The molecule has 2 atom stereocenters. The molecule has 112 valence electrons. The van der Waals surface area contributed by atoms with Crippen LogP contribution in [0, 0.1) is 5.92 Å². The highest BCUT2D eigenvalue weighted by Crippen LogP contribution is 2.36. The Morgan fingerprint density at radius 1 is 1.35 bits per heavy atom. The van der Waals surface area contributed by atoms with E-state index in [2.05, 4.69) is 36.4 Å². The van der Waals surface area contributed by atoms with Crippen molar-refractivity contribution in [3.8, 4) is 0 Å². The van der Waals surface area contributed by atoms with Crippen molar-refractivity contribution in [1.82, 2.24) is 10.4 Å². The minimum atomic E-state index is 0.365. The first-order valence-electron chi connectivity index (χ1n) is 8.21. The lowest BCUT2D eigenvalue weighted by atomic mass is 9.75. The van der Waals surface area contributed by atoms with E-state index >= 15 is 0 Å². The maximum absolute atomic E-state index is 5.94. The van der Waals surface area contributed by atoms with Gasteiger partial charge in [-0.1, -0.05) is 32.8 Å². The molecular weight excluding hydrogens is 246 g/mol. The Labute approximate surface area is 123 Å². The van der Waals surface area contributed by atoms with Gasteiger partial charge in [0.1, 0.15) is 0 Å². The highest BCUT2D eigenvalue weighted by molar-refractivity contribution is 5.27. The number of aromatic nitrogens is 1. The molecule has 1 aliphatic carbocycles. The minimum absolute atomic E-state index is 0.365. The third kappa shape index (κ3) is 3.39. The zero-order valence-corrected chi connectivity index (χ0v) is 12.9. The van der Waals surface area contributed by atoms with Crippen molar-refractivity contribution in [3.05, 3.63) is 29.6 Å². The van der Waals surface area contributed by atoms with Gasteiger partial charge in [0, 0.05) is 23.9 Å². The van der Waals surface area contributed by atoms with Crippen LogP contribution in [0.25, 0.3) is 0 Å². The molecule has 0 fully saturated rings. The third-order valence-corrected chi connectivity index (χ3v) is 4.69. The number of nitrogens with zero attached hydrogens (tertiary/aromatic N) is 1. The molecular formula is C17H29N3. The molecule has 2 rings (SSSR count). The fourth-order valence-corrected chi connectivity index (χ4v) is 3.82. The van der Waals surface area contributed by atoms with E-state index in [1.165, 1.54) is 56.2 Å². The van der Waals surface area contributed by atoms with E-state index in [1.807, 2.05) is 6.20 Å². The van der Waals surface area contributed by atoms with Crippen molar-refractivity contribution in [1.29, 1.82) is 0 Å². The first kappa shape index (κ1) is 15.5. The number of rotatable bonds is 7. The summed E-state index contributed by atoms with van der Waals surface area (Å²) < 4.78 is 0. The summed E-state index contributed by atoms with van der Waals surface area (Å²) in [6.45, 7) is 4.53. The number of aryl methyl sites for hydroxylation is 1. The molecule has 0 saturated carbocycles. The van der Waals surface area contributed by atoms with Gasteiger partial charge in [0.2, 0.25) is 0 Å². The SMILES string of the molecule is CCCC(CCC)C(NN)C1CCCc2cccnc21. The van der Waals surface area contributed by atoms with Gasteiger partial charge in [-0.15, -0.1) is 0 Å². The Balaban J connectivity index is 2.23. The van der Waals surface area contributed by atoms with Gasteiger partial charge in [0.15, 0.2) is 0 Å². The lowest BCUT2D eigenvalue weighted by Crippen LogP contribution is -2.46. The third-order valence-electron chi connectivity index (χ3n) is 4.69. The fourth-order valence-electron chi connectivity index (χ4n) is 3.82. The maximum Gasteiger partial charge on any atom is 0.0482 e. The zero-order valence-electron chi connectivity index (χ0n) is 12.9. The van der Waals surface area contributed by atoms with E-state index < -0.39 is 0 Å². The Bertz CT molecular complexity index is 399. The second-order valence-corrected chi connectivity index (χ2v) is 6.08. The quantitative estimate of drug-likeness (QED) is 0.591. The van der Waals surface area contributed by atoms with Gasteiger partial charge in [0.25, 0.3) is 0 Å². The normalized spacial score (nSPS) is 19.9. The lowest BCUT2D eigenvalue weighted by Gasteiger charge is -2.36. The molecule has 0 aromatic carbocycles. The average Bonchev–Trinajstić information content (AvgIpc) is 2.49. The molecule has 1 heterocycles. The Morgan fingerprint density at radius 3 is 2.75 bits per heavy atom. The van der Waals surface area contributed by atoms with Crippen LogP contribution in [0.5, 0.6) is 0 Å². The number of hydrogen-bond acceptors (Lipinski definition) is 3. The van der Waals surface area contributed by atoms with Crippen LogP contribution in [0.3, 0.4) is 0 Å². The van der Waals surface area contributed by atoms with Gasteiger partial charge in [0.05, 0.1) is 0 Å². The van der Waals surface area contributed by atoms with Crippen molar-refractivity contribution >= 4 is 0 Å². The molecule has 0 aliphatic heterocycles. The van der Waals surface area contributed by atoms with Gasteiger partial charge in [-0.05, 0) is 49.7 Å². The molecule has 0 amide bonds. The van der Waals surface area contributed by atoms with Crippen LogP contribution in [0.2, 0.25) is 0 Å². The van der Waals surface area contributed by atoms with E-state index in [-0.39, 0.29) is 0 Å². The molecule has 3 N–H and O–H groups in total. The lowest BCUT2D eigenvalue weighted by molar-refractivity contribution is 0.256. The summed E-state index contributed by atoms with van der Waals surface area (Å²) in [5.41, 5.74) is 5.86. The predicted molar refractivity (Wildman–Crippen MR) is 84.3 cm³/mol. The van der Waals surface area contributed by atoms with Gasteiger partial charge >= 0.3 is 0 Å². The number of nitrogens with two attached hydrogens (primary N) is 1. The van der Waals surface area contributed by atoms with Gasteiger partial charge < -0.3 is 0 Å². The highest BCUT2D eigenvalue weighted by Gasteiger charge is 2.32. The summed E-state index contributed by atoms with van der Waals surface area (Å²) in [4.78, 5) is 4.68. The number of pyridine rings is 1. The van der Waals surface area contributed by atoms with Crippen molar-refractivity contribution in [2.45, 2.75) is 70.8 Å². The summed E-state index contributed by atoms with van der Waals surface area (Å²) in [5.74, 6) is 7.08. The van der Waals surface area contributed by atoms with Crippen molar-refractivity contribution in [3.63, 3.8) is 0 Å². The predicted octanol–water partition coefficient (Wildman–Crippen LogP) is 3.55. The summed E-state index contributed by atoms with van der Waals surface area (Å²) in [6.07, 6.45) is 10.5. The summed E-state index contributed by atoms with van der Waals surface area (Å²) in [7, 11) is 0. The van der Waals surface area contributed by atoms with E-state index in [4.69, 9.17) is 5.84 Å². The maximum atomic E-state index is 5.94. The second kappa shape index (κ2) is 7.75. The van der Waals surface area contributed by atoms with Gasteiger partial charge in [-0.25, -0.2) is 0 Å². The molecule has 1 aromatic heterocycles. The smallest absolute Gasteiger partial charge is 0.0482 e. The van der Waals surface area contributed by atoms with Crippen molar-refractivity contribution < 1.29 is 0 Å². The molecule has 3 heteroatoms. The standard InChI is InChI=1S/C17H29N3/c1-3-7-13(8-4-2)17(20-18)15-11-5-9-14-10-6-12-19-16(14)15/h6,10,12-13,15,17,20H,3-5,7-9,11,18H2,1-2H3. The highest BCUT2D eigenvalue weighted by atomic mass is 15.2. The Morgan fingerprint density at radius 2 is 2.10 bits per heavy atom. The minimum Gasteiger partial charge on any atom is -0.271 e. The molecule has 1 aromatic rings. The van der Waals surface area contributed by atoms with E-state index in [9.17, 15) is 0 Å². The number of hydrogen-bond donors (Lipinski definition) is 2. The first-order valence-corrected chi connectivity index (χ1v) is 8.21. The van der Waals surface area contributed by atoms with Gasteiger partial charge in [-0.3, -0.25) is 16.3 Å². The molecule has 20 heavy (non-hydrogen) atoms. The molecule has 3 nitrogen and oxygen atoms in total. The van der Waals surface area contributed by atoms with Crippen LogP contribution in [0.1, 0.15) is 69.5 Å². The first-order chi connectivity index (χ1) is 9.81. The second-order valence-electron chi connectivity index (χ2n) is 6.08. The van der Waals surface area contributed by atoms with Crippen LogP contribution < -0.4 is 11.3 Å². The summed E-state index contributed by atoms with van der Waals surface area (Å²) >= 11 is 0. The Hall–Kier alpha value is -0.930. The van der Waals surface area contributed by atoms with Crippen LogP contribution >= 0.6 is 0 Å². The average molecular weight is 275 g/mol. The molecule has 0 radical (unpaired) electrons. The topological polar surface area (TPSA) is 50.9 Å². The van der Waals surface area contributed by atoms with E-state index in [0.29, 0.717) is 17.9 Å². The molecule has 2 unspecified atom stereocenters. The summed E-state index contributed by atoms with van der Waals surface area (Å²) in [6, 6.07) is 4.65. The van der Waals surface area contributed by atoms with Crippen molar-refractivity contribution in [2.75, 3.05) is 0 Å². The van der Waals surface area contributed by atoms with Crippen LogP contribution in [0.4, 0.5) is 0 Å². The van der Waals surface area contributed by atoms with Gasteiger partial charge in [-0.2, -0.15) is 0 Å². The molecule has 0 bridgehead atoms. The van der Waals surface area contributed by atoms with Crippen molar-refractivity contribution in [2.24, 2.45) is 11.8 Å². The van der Waals surface area contributed by atoms with Crippen LogP contribution in [0.15, 0.2) is 18.3 Å². The monoisotopic (exact) mass is 275 g/mol. The fraction of sp³-hybridized carbons (Fsp3) is 0.706. The summed E-state index contributed by atoms with van der Waals surface area (Å²) in [5, 5.41) is 0. The van der Waals surface area contributed by atoms with Crippen LogP contribution in [-0.2, 0) is 6.42 Å². The largest absolute Gasteiger partial charge is 0.271 e. The van der Waals surface area contributed by atoms with E-state index in [1.54, 1.807) is 0 Å². The molecule has 1 aliphatic rings. The van der Waals surface area contributed by atoms with E-state index in [0.717, 1.165) is 0 Å². The molecule has 0 saturated heterocycles. The zero-order chi connectivity index (χ0) is 14.4. The number of fused-ring (bicyclic) bond motifs is 1. The number of nitrogens with one attached hydrogen (secondary N) is 1. The number of hydrazine groups is 1. The Kier molecular flexibility index (Phi) is 5.99. The molecule has 0 spiro atoms. The van der Waals surface area contributed by atoms with Crippen LogP contribution in [-0.4, -0.2) is 11.0 Å².